The van der Waals surface area contributed by atoms with Gasteiger partial charge in [0.15, 0.2) is 5.96 Å². The van der Waals surface area contributed by atoms with Gasteiger partial charge in [0.05, 0.1) is 6.20 Å². The third kappa shape index (κ3) is 6.64. The molecule has 0 aliphatic heterocycles. The first kappa shape index (κ1) is 21.4. The van der Waals surface area contributed by atoms with Gasteiger partial charge < -0.3 is 10.6 Å². The highest BCUT2D eigenvalue weighted by atomic mass is 127. The fraction of sp³-hybridized carbons (Fsp3) is 0.444. The van der Waals surface area contributed by atoms with Crippen molar-refractivity contribution < 1.29 is 4.39 Å². The summed E-state index contributed by atoms with van der Waals surface area (Å²) in [4.78, 5) is 4.24. The topological polar surface area (TPSA) is 54.2 Å². The largest absolute Gasteiger partial charge is 0.356 e. The average Bonchev–Trinajstić information content (AvgIpc) is 2.96. The van der Waals surface area contributed by atoms with E-state index in [1.807, 2.05) is 25.5 Å². The van der Waals surface area contributed by atoms with Gasteiger partial charge in [0.25, 0.3) is 0 Å². The molecule has 1 heterocycles. The molecule has 138 valence electrons. The molecule has 0 spiro atoms. The smallest absolute Gasteiger partial charge is 0.191 e. The SMILES string of the molecule is CN=C(NCCc1cnn(C)c1)NCC(C)(C)c1cccc(F)c1.I. The van der Waals surface area contributed by atoms with Crippen molar-refractivity contribution in [2.24, 2.45) is 12.0 Å². The molecule has 0 saturated carbocycles. The summed E-state index contributed by atoms with van der Waals surface area (Å²) in [5, 5.41) is 10.8. The molecule has 0 bridgehead atoms. The van der Waals surface area contributed by atoms with E-state index in [1.54, 1.807) is 23.9 Å². The summed E-state index contributed by atoms with van der Waals surface area (Å²) in [6.07, 6.45) is 4.75. The molecule has 2 rings (SSSR count). The van der Waals surface area contributed by atoms with Gasteiger partial charge in [-0.05, 0) is 29.7 Å². The number of halogens is 2. The van der Waals surface area contributed by atoms with Crippen molar-refractivity contribution >= 4 is 29.9 Å². The minimum Gasteiger partial charge on any atom is -0.356 e. The van der Waals surface area contributed by atoms with E-state index in [0.717, 1.165) is 24.5 Å². The second-order valence-corrected chi connectivity index (χ2v) is 6.52. The molecule has 7 heteroatoms. The number of rotatable bonds is 6. The molecule has 2 N–H and O–H groups in total. The number of hydrogen-bond acceptors (Lipinski definition) is 2. The maximum Gasteiger partial charge on any atom is 0.191 e. The van der Waals surface area contributed by atoms with Crippen LogP contribution in [0.25, 0.3) is 0 Å². The molecule has 0 fully saturated rings. The molecule has 0 unspecified atom stereocenters. The summed E-state index contributed by atoms with van der Waals surface area (Å²) < 4.78 is 15.2. The normalized spacial score (nSPS) is 11.8. The highest BCUT2D eigenvalue weighted by Crippen LogP contribution is 2.22. The molecule has 2 aromatic rings. The van der Waals surface area contributed by atoms with E-state index in [-0.39, 0.29) is 35.2 Å². The lowest BCUT2D eigenvalue weighted by Crippen LogP contribution is -2.44. The standard InChI is InChI=1S/C18H26FN5.HI/c1-18(2,15-6-5-7-16(19)10-15)13-22-17(20-3)21-9-8-14-11-23-24(4)12-14;/h5-7,10-12H,8-9,13H2,1-4H3,(H2,20,21,22);1H. The predicted molar refractivity (Wildman–Crippen MR) is 111 cm³/mol. The molecule has 1 aromatic carbocycles. The summed E-state index contributed by atoms with van der Waals surface area (Å²) in [6, 6.07) is 6.74. The van der Waals surface area contributed by atoms with Crippen LogP contribution >= 0.6 is 24.0 Å². The van der Waals surface area contributed by atoms with Crippen LogP contribution in [0.15, 0.2) is 41.7 Å². The van der Waals surface area contributed by atoms with Crippen LogP contribution in [0.2, 0.25) is 0 Å². The minimum atomic E-state index is -0.209. The minimum absolute atomic E-state index is 0. The maximum atomic E-state index is 13.4. The number of nitrogens with zero attached hydrogens (tertiary/aromatic N) is 3. The van der Waals surface area contributed by atoms with Crippen molar-refractivity contribution in [3.63, 3.8) is 0 Å². The predicted octanol–water partition coefficient (Wildman–Crippen LogP) is 2.86. The third-order valence-corrected chi connectivity index (χ3v) is 3.99. The van der Waals surface area contributed by atoms with Crippen LogP contribution in [0.1, 0.15) is 25.0 Å². The summed E-state index contributed by atoms with van der Waals surface area (Å²) in [7, 11) is 3.65. The highest BCUT2D eigenvalue weighted by molar-refractivity contribution is 14.0. The molecule has 5 nitrogen and oxygen atoms in total. The Morgan fingerprint density at radius 2 is 2.08 bits per heavy atom. The molecule has 0 saturated heterocycles. The monoisotopic (exact) mass is 459 g/mol. The fourth-order valence-electron chi connectivity index (χ4n) is 2.46. The van der Waals surface area contributed by atoms with Gasteiger partial charge in [-0.1, -0.05) is 26.0 Å². The van der Waals surface area contributed by atoms with Crippen LogP contribution < -0.4 is 10.6 Å². The number of guanidine groups is 1. The Labute approximate surface area is 166 Å². The Kier molecular flexibility index (Phi) is 8.34. The van der Waals surface area contributed by atoms with E-state index in [2.05, 4.69) is 34.6 Å². The van der Waals surface area contributed by atoms with E-state index in [4.69, 9.17) is 0 Å². The second kappa shape index (κ2) is 9.74. The first-order chi connectivity index (χ1) is 11.4. The lowest BCUT2D eigenvalue weighted by atomic mass is 9.84. The van der Waals surface area contributed by atoms with Gasteiger partial charge in [0.2, 0.25) is 0 Å². The van der Waals surface area contributed by atoms with Gasteiger partial charge in [-0.2, -0.15) is 5.10 Å². The van der Waals surface area contributed by atoms with Gasteiger partial charge in [0.1, 0.15) is 5.82 Å². The first-order valence-corrected chi connectivity index (χ1v) is 8.09. The average molecular weight is 459 g/mol. The summed E-state index contributed by atoms with van der Waals surface area (Å²) in [5.74, 6) is 0.530. The molecule has 25 heavy (non-hydrogen) atoms. The van der Waals surface area contributed by atoms with E-state index < -0.39 is 0 Å². The number of hydrogen-bond donors (Lipinski definition) is 2. The Balaban J connectivity index is 0.00000312. The quantitative estimate of drug-likeness (QED) is 0.397. The number of aryl methyl sites for hydroxylation is 1. The van der Waals surface area contributed by atoms with Crippen LogP contribution in [0, 0.1) is 5.82 Å². The van der Waals surface area contributed by atoms with Gasteiger partial charge in [0, 0.05) is 38.8 Å². The van der Waals surface area contributed by atoms with Crippen molar-refractivity contribution in [2.45, 2.75) is 25.7 Å². The van der Waals surface area contributed by atoms with Crippen molar-refractivity contribution in [1.82, 2.24) is 20.4 Å². The molecule has 0 amide bonds. The van der Waals surface area contributed by atoms with Gasteiger partial charge in [-0.3, -0.25) is 9.67 Å². The zero-order chi connectivity index (χ0) is 17.6. The Morgan fingerprint density at radius 1 is 1.32 bits per heavy atom. The fourth-order valence-corrected chi connectivity index (χ4v) is 2.46. The molecule has 0 aliphatic rings. The van der Waals surface area contributed by atoms with Crippen LogP contribution in [0.5, 0.6) is 0 Å². The molecule has 0 radical (unpaired) electrons. The van der Waals surface area contributed by atoms with E-state index >= 15 is 0 Å². The number of aromatic nitrogens is 2. The Morgan fingerprint density at radius 3 is 2.68 bits per heavy atom. The first-order valence-electron chi connectivity index (χ1n) is 8.09. The van der Waals surface area contributed by atoms with E-state index in [0.29, 0.717) is 6.54 Å². The molecule has 0 atom stereocenters. The highest BCUT2D eigenvalue weighted by Gasteiger charge is 2.21. The maximum absolute atomic E-state index is 13.4. The van der Waals surface area contributed by atoms with Crippen molar-refractivity contribution in [3.8, 4) is 0 Å². The van der Waals surface area contributed by atoms with Crippen molar-refractivity contribution in [1.29, 1.82) is 0 Å². The van der Waals surface area contributed by atoms with Gasteiger partial charge >= 0.3 is 0 Å². The Bertz CT molecular complexity index is 696. The van der Waals surface area contributed by atoms with Crippen LogP contribution in [-0.4, -0.2) is 35.9 Å². The van der Waals surface area contributed by atoms with E-state index in [9.17, 15) is 4.39 Å². The van der Waals surface area contributed by atoms with Crippen LogP contribution in [-0.2, 0) is 18.9 Å². The Hall–Kier alpha value is -1.64. The number of aliphatic imine (C=N–C) groups is 1. The summed E-state index contributed by atoms with van der Waals surface area (Å²) >= 11 is 0. The molecular weight excluding hydrogens is 432 g/mol. The van der Waals surface area contributed by atoms with Crippen LogP contribution in [0.4, 0.5) is 4.39 Å². The lowest BCUT2D eigenvalue weighted by molar-refractivity contribution is 0.503. The van der Waals surface area contributed by atoms with Gasteiger partial charge in [-0.15, -0.1) is 24.0 Å². The number of nitrogens with one attached hydrogen (secondary N) is 2. The zero-order valence-electron chi connectivity index (χ0n) is 15.2. The van der Waals surface area contributed by atoms with Gasteiger partial charge in [-0.25, -0.2) is 4.39 Å². The lowest BCUT2D eigenvalue weighted by Gasteiger charge is -2.26. The van der Waals surface area contributed by atoms with Crippen LogP contribution in [0.3, 0.4) is 0 Å². The summed E-state index contributed by atoms with van der Waals surface area (Å²) in [5.41, 5.74) is 1.93. The summed E-state index contributed by atoms with van der Waals surface area (Å²) in [6.45, 7) is 5.59. The molecule has 1 aromatic heterocycles. The zero-order valence-corrected chi connectivity index (χ0v) is 17.5. The van der Waals surface area contributed by atoms with E-state index in [1.165, 1.54) is 11.6 Å². The van der Waals surface area contributed by atoms with Crippen molar-refractivity contribution in [3.05, 3.63) is 53.6 Å². The second-order valence-electron chi connectivity index (χ2n) is 6.52. The number of benzene rings is 1. The third-order valence-electron chi connectivity index (χ3n) is 3.99. The van der Waals surface area contributed by atoms with Crippen molar-refractivity contribution in [2.75, 3.05) is 20.1 Å². The molecule has 0 aliphatic carbocycles. The molecular formula is C18H27FIN5.